The third-order valence-electron chi connectivity index (χ3n) is 2.91. The summed E-state index contributed by atoms with van der Waals surface area (Å²) in [4.78, 5) is 0. The zero-order chi connectivity index (χ0) is 11.6. The number of nitrogens with two attached hydrogens (primary N) is 1. The Morgan fingerprint density at radius 2 is 2.12 bits per heavy atom. The number of rotatable bonds is 4. The van der Waals surface area contributed by atoms with E-state index >= 15 is 0 Å². The monoisotopic (exact) mass is 240 g/mol. The maximum absolute atomic E-state index is 10.8. The summed E-state index contributed by atoms with van der Waals surface area (Å²) < 4.78 is 21.6. The summed E-state index contributed by atoms with van der Waals surface area (Å²) in [6.07, 6.45) is 2.09. The van der Waals surface area contributed by atoms with Crippen molar-refractivity contribution in [2.24, 2.45) is 5.14 Å². The second kappa shape index (κ2) is 4.53. The van der Waals surface area contributed by atoms with Gasteiger partial charge in [0.25, 0.3) is 0 Å². The first kappa shape index (κ1) is 11.6. The number of fused-ring (bicyclic) bond motifs is 1. The molecule has 1 aromatic carbocycles. The lowest BCUT2D eigenvalue weighted by atomic mass is 10.1. The van der Waals surface area contributed by atoms with Crippen molar-refractivity contribution in [3.8, 4) is 0 Å². The second-order valence-electron chi connectivity index (χ2n) is 4.11. The van der Waals surface area contributed by atoms with Gasteiger partial charge in [0.2, 0.25) is 10.0 Å². The van der Waals surface area contributed by atoms with E-state index < -0.39 is 10.0 Å². The van der Waals surface area contributed by atoms with Gasteiger partial charge < -0.3 is 5.32 Å². The van der Waals surface area contributed by atoms with Gasteiger partial charge in [-0.2, -0.15) is 0 Å². The Morgan fingerprint density at radius 1 is 1.38 bits per heavy atom. The van der Waals surface area contributed by atoms with E-state index in [9.17, 15) is 8.42 Å². The van der Waals surface area contributed by atoms with E-state index in [4.69, 9.17) is 5.14 Å². The molecule has 0 saturated heterocycles. The van der Waals surface area contributed by atoms with Gasteiger partial charge in [0, 0.05) is 12.6 Å². The first-order valence-electron chi connectivity index (χ1n) is 5.38. The van der Waals surface area contributed by atoms with Crippen LogP contribution in [0.5, 0.6) is 0 Å². The third kappa shape index (κ3) is 2.81. The molecule has 4 nitrogen and oxygen atoms in total. The molecule has 0 fully saturated rings. The number of sulfonamides is 1. The summed E-state index contributed by atoms with van der Waals surface area (Å²) in [6, 6.07) is 8.54. The number of hydrogen-bond donors (Lipinski definition) is 2. The van der Waals surface area contributed by atoms with Crippen LogP contribution in [0.15, 0.2) is 24.3 Å². The summed E-state index contributed by atoms with van der Waals surface area (Å²) in [5.41, 5.74) is 2.65. The summed E-state index contributed by atoms with van der Waals surface area (Å²) in [5, 5.41) is 8.18. The molecule has 5 heteroatoms. The number of hydrogen-bond acceptors (Lipinski definition) is 3. The number of benzene rings is 1. The Balaban J connectivity index is 1.94. The molecule has 0 spiro atoms. The van der Waals surface area contributed by atoms with E-state index in [0.29, 0.717) is 6.54 Å². The van der Waals surface area contributed by atoms with E-state index in [1.54, 1.807) is 0 Å². The summed E-state index contributed by atoms with van der Waals surface area (Å²) in [6.45, 7) is 0.415. The Labute approximate surface area is 95.9 Å². The molecule has 88 valence electrons. The molecule has 0 heterocycles. The summed E-state index contributed by atoms with van der Waals surface area (Å²) >= 11 is 0. The van der Waals surface area contributed by atoms with E-state index in [0.717, 1.165) is 12.8 Å². The molecule has 0 radical (unpaired) electrons. The van der Waals surface area contributed by atoms with Gasteiger partial charge in [-0.3, -0.25) is 0 Å². The van der Waals surface area contributed by atoms with Gasteiger partial charge in [-0.05, 0) is 24.0 Å². The molecule has 0 saturated carbocycles. The van der Waals surface area contributed by atoms with Crippen LogP contribution in [0.2, 0.25) is 0 Å². The Morgan fingerprint density at radius 3 is 2.88 bits per heavy atom. The molecule has 2 rings (SSSR count). The zero-order valence-electron chi connectivity index (χ0n) is 9.02. The molecule has 1 aromatic rings. The van der Waals surface area contributed by atoms with Crippen molar-refractivity contribution < 1.29 is 8.42 Å². The van der Waals surface area contributed by atoms with Crippen molar-refractivity contribution in [2.75, 3.05) is 12.3 Å². The van der Waals surface area contributed by atoms with E-state index in [2.05, 4.69) is 17.4 Å². The van der Waals surface area contributed by atoms with Crippen molar-refractivity contribution in [3.63, 3.8) is 0 Å². The number of primary sulfonamides is 1. The molecule has 1 aliphatic rings. The van der Waals surface area contributed by atoms with Crippen LogP contribution >= 0.6 is 0 Å². The number of nitrogens with one attached hydrogen (secondary N) is 1. The highest BCUT2D eigenvalue weighted by Gasteiger charge is 2.21. The minimum absolute atomic E-state index is 0.00827. The maximum atomic E-state index is 10.8. The zero-order valence-corrected chi connectivity index (χ0v) is 9.83. The molecular formula is C11H16N2O2S. The van der Waals surface area contributed by atoms with Gasteiger partial charge in [0.1, 0.15) is 0 Å². The van der Waals surface area contributed by atoms with Crippen molar-refractivity contribution in [1.29, 1.82) is 0 Å². The van der Waals surface area contributed by atoms with Gasteiger partial charge in [0.05, 0.1) is 5.75 Å². The fraction of sp³-hybridized carbons (Fsp3) is 0.455. The molecule has 0 aliphatic heterocycles. The van der Waals surface area contributed by atoms with Crippen LogP contribution in [-0.2, 0) is 16.4 Å². The SMILES string of the molecule is NS(=O)(=O)CCNC1CCc2ccccc21. The fourth-order valence-corrected chi connectivity index (χ4v) is 2.55. The molecule has 0 amide bonds. The third-order valence-corrected chi connectivity index (χ3v) is 3.68. The molecular weight excluding hydrogens is 224 g/mol. The molecule has 1 unspecified atom stereocenters. The Kier molecular flexibility index (Phi) is 3.28. The minimum atomic E-state index is -3.36. The van der Waals surface area contributed by atoms with Crippen LogP contribution in [0.25, 0.3) is 0 Å². The van der Waals surface area contributed by atoms with Crippen LogP contribution in [0.4, 0.5) is 0 Å². The first-order chi connectivity index (χ1) is 7.56. The van der Waals surface area contributed by atoms with E-state index in [1.165, 1.54) is 11.1 Å². The topological polar surface area (TPSA) is 72.2 Å². The second-order valence-corrected chi connectivity index (χ2v) is 5.85. The fourth-order valence-electron chi connectivity index (χ4n) is 2.14. The van der Waals surface area contributed by atoms with Crippen LogP contribution in [0, 0.1) is 0 Å². The Bertz CT molecular complexity index is 471. The highest BCUT2D eigenvalue weighted by Crippen LogP contribution is 2.30. The highest BCUT2D eigenvalue weighted by molar-refractivity contribution is 7.89. The molecule has 3 N–H and O–H groups in total. The average molecular weight is 240 g/mol. The van der Waals surface area contributed by atoms with Gasteiger partial charge in [-0.25, -0.2) is 13.6 Å². The van der Waals surface area contributed by atoms with Crippen molar-refractivity contribution >= 4 is 10.0 Å². The first-order valence-corrected chi connectivity index (χ1v) is 7.09. The van der Waals surface area contributed by atoms with E-state index in [-0.39, 0.29) is 11.8 Å². The molecule has 1 atom stereocenters. The molecule has 0 aromatic heterocycles. The minimum Gasteiger partial charge on any atom is -0.309 e. The highest BCUT2D eigenvalue weighted by atomic mass is 32.2. The van der Waals surface area contributed by atoms with Gasteiger partial charge in [-0.15, -0.1) is 0 Å². The van der Waals surface area contributed by atoms with Gasteiger partial charge >= 0.3 is 0 Å². The lowest BCUT2D eigenvalue weighted by Gasteiger charge is -2.13. The lowest BCUT2D eigenvalue weighted by Crippen LogP contribution is -2.29. The van der Waals surface area contributed by atoms with Crippen LogP contribution in [0.1, 0.15) is 23.6 Å². The smallest absolute Gasteiger partial charge is 0.210 e. The maximum Gasteiger partial charge on any atom is 0.210 e. The summed E-state index contributed by atoms with van der Waals surface area (Å²) in [5.74, 6) is -0.00827. The molecule has 16 heavy (non-hydrogen) atoms. The standard InChI is InChI=1S/C11H16N2O2S/c12-16(14,15)8-7-13-11-6-5-9-3-1-2-4-10(9)11/h1-4,11,13H,5-8H2,(H2,12,14,15). The normalized spacial score (nSPS) is 19.7. The van der Waals surface area contributed by atoms with Crippen molar-refractivity contribution in [3.05, 3.63) is 35.4 Å². The van der Waals surface area contributed by atoms with E-state index in [1.807, 2.05) is 12.1 Å². The lowest BCUT2D eigenvalue weighted by molar-refractivity contribution is 0.542. The van der Waals surface area contributed by atoms with Gasteiger partial charge in [-0.1, -0.05) is 24.3 Å². The Hall–Kier alpha value is -0.910. The number of aryl methyl sites for hydroxylation is 1. The van der Waals surface area contributed by atoms with Crippen molar-refractivity contribution in [1.82, 2.24) is 5.32 Å². The van der Waals surface area contributed by atoms with Crippen LogP contribution < -0.4 is 10.5 Å². The quantitative estimate of drug-likeness (QED) is 0.807. The predicted molar refractivity (Wildman–Crippen MR) is 63.5 cm³/mol. The van der Waals surface area contributed by atoms with Crippen molar-refractivity contribution in [2.45, 2.75) is 18.9 Å². The summed E-state index contributed by atoms with van der Waals surface area (Å²) in [7, 11) is -3.36. The largest absolute Gasteiger partial charge is 0.309 e. The van der Waals surface area contributed by atoms with Gasteiger partial charge in [0.15, 0.2) is 0 Å². The molecule has 0 bridgehead atoms. The average Bonchev–Trinajstić information content (AvgIpc) is 2.60. The molecule has 1 aliphatic carbocycles. The predicted octanol–water partition coefficient (Wildman–Crippen LogP) is 0.552. The van der Waals surface area contributed by atoms with Crippen LogP contribution in [-0.4, -0.2) is 20.7 Å². The van der Waals surface area contributed by atoms with Crippen LogP contribution in [0.3, 0.4) is 0 Å².